The Balaban J connectivity index is 1.88. The normalized spacial score (nSPS) is 12.9. The Labute approximate surface area is 132 Å². The van der Waals surface area contributed by atoms with Crippen molar-refractivity contribution in [1.29, 1.82) is 0 Å². The molecule has 0 saturated heterocycles. The van der Waals surface area contributed by atoms with Gasteiger partial charge in [-0.1, -0.05) is 19.1 Å². The van der Waals surface area contributed by atoms with Crippen LogP contribution in [0, 0.1) is 5.92 Å². The van der Waals surface area contributed by atoms with Crippen molar-refractivity contribution in [3.8, 4) is 0 Å². The average molecular weight is 325 g/mol. The van der Waals surface area contributed by atoms with Crippen molar-refractivity contribution >= 4 is 5.91 Å². The number of rotatable bonds is 5. The highest BCUT2D eigenvalue weighted by Gasteiger charge is 2.30. The van der Waals surface area contributed by atoms with Crippen LogP contribution >= 0.6 is 0 Å². The van der Waals surface area contributed by atoms with E-state index < -0.39 is 11.7 Å². The van der Waals surface area contributed by atoms with E-state index >= 15 is 0 Å². The maximum atomic E-state index is 12.5. The van der Waals surface area contributed by atoms with Crippen molar-refractivity contribution in [2.45, 2.75) is 26.1 Å². The van der Waals surface area contributed by atoms with E-state index in [4.69, 9.17) is 0 Å². The second-order valence-corrected chi connectivity index (χ2v) is 5.54. The number of carbonyl (C=O) groups is 1. The first-order valence-electron chi connectivity index (χ1n) is 7.17. The molecule has 0 fully saturated rings. The van der Waals surface area contributed by atoms with Crippen molar-refractivity contribution in [1.82, 2.24) is 15.1 Å². The van der Waals surface area contributed by atoms with Gasteiger partial charge in [0.05, 0.1) is 11.8 Å². The fourth-order valence-electron chi connectivity index (χ4n) is 2.20. The first kappa shape index (κ1) is 17.1. The summed E-state index contributed by atoms with van der Waals surface area (Å²) in [5.74, 6) is -0.475. The predicted octanol–water partition coefficient (Wildman–Crippen LogP) is 2.93. The van der Waals surface area contributed by atoms with E-state index in [2.05, 4.69) is 10.4 Å². The highest BCUT2D eigenvalue weighted by Crippen LogP contribution is 2.29. The maximum absolute atomic E-state index is 12.5. The molecule has 0 saturated carbocycles. The van der Waals surface area contributed by atoms with Gasteiger partial charge in [-0.25, -0.2) is 0 Å². The molecule has 0 spiro atoms. The number of alkyl halides is 3. The summed E-state index contributed by atoms with van der Waals surface area (Å²) in [7, 11) is 1.79. The van der Waals surface area contributed by atoms with E-state index in [-0.39, 0.29) is 11.8 Å². The van der Waals surface area contributed by atoms with Gasteiger partial charge in [-0.05, 0) is 24.1 Å². The van der Waals surface area contributed by atoms with Crippen LogP contribution in [0.5, 0.6) is 0 Å². The van der Waals surface area contributed by atoms with Crippen LogP contribution in [0.1, 0.15) is 23.6 Å². The molecule has 0 radical (unpaired) electrons. The topological polar surface area (TPSA) is 46.9 Å². The molecule has 0 aliphatic rings. The van der Waals surface area contributed by atoms with Crippen LogP contribution in [0.15, 0.2) is 36.7 Å². The van der Waals surface area contributed by atoms with Gasteiger partial charge < -0.3 is 5.32 Å². The minimum Gasteiger partial charge on any atom is -0.352 e. The number of benzene rings is 1. The van der Waals surface area contributed by atoms with Crippen LogP contribution in [-0.2, 0) is 31.0 Å². The molecule has 0 aliphatic carbocycles. The molecule has 4 nitrogen and oxygen atoms in total. The lowest BCUT2D eigenvalue weighted by Gasteiger charge is -2.13. The summed E-state index contributed by atoms with van der Waals surface area (Å²) in [6.07, 6.45) is -0.482. The minimum atomic E-state index is -4.34. The standard InChI is InChI=1S/C16H18F3N3O/c1-11(15(23)20-8-13-9-21-22(2)10-13)7-12-3-5-14(6-4-12)16(17,18)19/h3-6,9-11H,7-8H2,1-2H3,(H,20,23)/t11-/m1/s1. The summed E-state index contributed by atoms with van der Waals surface area (Å²) in [6.45, 7) is 2.13. The van der Waals surface area contributed by atoms with Gasteiger partial charge in [-0.2, -0.15) is 18.3 Å². The van der Waals surface area contributed by atoms with E-state index in [0.29, 0.717) is 18.5 Å². The molecule has 1 N–H and O–H groups in total. The molecule has 2 rings (SSSR count). The van der Waals surface area contributed by atoms with Crippen LogP contribution in [0.4, 0.5) is 13.2 Å². The molecule has 1 amide bonds. The molecule has 2 aromatic rings. The largest absolute Gasteiger partial charge is 0.416 e. The SMILES string of the molecule is C[C@H](Cc1ccc(C(F)(F)F)cc1)C(=O)NCc1cnn(C)c1. The number of aryl methyl sites for hydroxylation is 1. The number of amides is 1. The molecule has 0 unspecified atom stereocenters. The number of hydrogen-bond acceptors (Lipinski definition) is 2. The maximum Gasteiger partial charge on any atom is 0.416 e. The third-order valence-corrected chi connectivity index (χ3v) is 3.50. The van der Waals surface area contributed by atoms with Gasteiger partial charge >= 0.3 is 6.18 Å². The highest BCUT2D eigenvalue weighted by molar-refractivity contribution is 5.78. The van der Waals surface area contributed by atoms with Gasteiger partial charge in [0.2, 0.25) is 5.91 Å². The van der Waals surface area contributed by atoms with E-state index in [1.54, 1.807) is 31.0 Å². The fourth-order valence-corrected chi connectivity index (χ4v) is 2.20. The Morgan fingerprint density at radius 3 is 2.43 bits per heavy atom. The average Bonchev–Trinajstić information content (AvgIpc) is 2.90. The van der Waals surface area contributed by atoms with Crippen molar-refractivity contribution in [3.05, 3.63) is 53.3 Å². The van der Waals surface area contributed by atoms with Gasteiger partial charge in [0, 0.05) is 31.3 Å². The summed E-state index contributed by atoms with van der Waals surface area (Å²) < 4.78 is 39.2. The zero-order valence-corrected chi connectivity index (χ0v) is 12.9. The first-order chi connectivity index (χ1) is 10.8. The van der Waals surface area contributed by atoms with Gasteiger partial charge in [-0.15, -0.1) is 0 Å². The monoisotopic (exact) mass is 325 g/mol. The molecule has 1 heterocycles. The van der Waals surface area contributed by atoms with E-state index in [0.717, 1.165) is 17.7 Å². The predicted molar refractivity (Wildman–Crippen MR) is 79.4 cm³/mol. The van der Waals surface area contributed by atoms with E-state index in [9.17, 15) is 18.0 Å². The zero-order chi connectivity index (χ0) is 17.0. The summed E-state index contributed by atoms with van der Waals surface area (Å²) in [4.78, 5) is 12.0. The summed E-state index contributed by atoms with van der Waals surface area (Å²) in [5.41, 5.74) is 0.902. The third-order valence-electron chi connectivity index (χ3n) is 3.50. The molecule has 0 aliphatic heterocycles. The lowest BCUT2D eigenvalue weighted by Crippen LogP contribution is -2.29. The van der Waals surface area contributed by atoms with Crippen LogP contribution in [-0.4, -0.2) is 15.7 Å². The number of aromatic nitrogens is 2. The Morgan fingerprint density at radius 1 is 1.26 bits per heavy atom. The fraction of sp³-hybridized carbons (Fsp3) is 0.375. The second-order valence-electron chi connectivity index (χ2n) is 5.54. The lowest BCUT2D eigenvalue weighted by atomic mass is 9.99. The van der Waals surface area contributed by atoms with Crippen molar-refractivity contribution in [2.24, 2.45) is 13.0 Å². The molecule has 7 heteroatoms. The zero-order valence-electron chi connectivity index (χ0n) is 12.9. The van der Waals surface area contributed by atoms with Gasteiger partial charge in [0.1, 0.15) is 0 Å². The molecule has 1 atom stereocenters. The van der Waals surface area contributed by atoms with Crippen LogP contribution in [0.2, 0.25) is 0 Å². The Hall–Kier alpha value is -2.31. The molecular formula is C16H18F3N3O. The van der Waals surface area contributed by atoms with Gasteiger partial charge in [-0.3, -0.25) is 9.48 Å². The highest BCUT2D eigenvalue weighted by atomic mass is 19.4. The smallest absolute Gasteiger partial charge is 0.352 e. The molecular weight excluding hydrogens is 307 g/mol. The number of nitrogens with zero attached hydrogens (tertiary/aromatic N) is 2. The van der Waals surface area contributed by atoms with Gasteiger partial charge in [0.15, 0.2) is 0 Å². The Bertz CT molecular complexity index is 662. The van der Waals surface area contributed by atoms with Crippen molar-refractivity contribution in [3.63, 3.8) is 0 Å². The number of hydrogen-bond donors (Lipinski definition) is 1. The summed E-state index contributed by atoms with van der Waals surface area (Å²) in [6, 6.07) is 4.90. The molecule has 23 heavy (non-hydrogen) atoms. The first-order valence-corrected chi connectivity index (χ1v) is 7.17. The van der Waals surface area contributed by atoms with Crippen LogP contribution in [0.3, 0.4) is 0 Å². The van der Waals surface area contributed by atoms with Crippen LogP contribution in [0.25, 0.3) is 0 Å². The Kier molecular flexibility index (Phi) is 5.08. The summed E-state index contributed by atoms with van der Waals surface area (Å²) >= 11 is 0. The quantitative estimate of drug-likeness (QED) is 0.919. The molecule has 124 valence electrons. The molecule has 0 bridgehead atoms. The van der Waals surface area contributed by atoms with Gasteiger partial charge in [0.25, 0.3) is 0 Å². The summed E-state index contributed by atoms with van der Waals surface area (Å²) in [5, 5.41) is 6.80. The Morgan fingerprint density at radius 2 is 1.91 bits per heavy atom. The lowest BCUT2D eigenvalue weighted by molar-refractivity contribution is -0.137. The molecule has 1 aromatic carbocycles. The third kappa shape index (κ3) is 4.84. The second kappa shape index (κ2) is 6.85. The number of nitrogens with one attached hydrogen (secondary N) is 1. The van der Waals surface area contributed by atoms with Crippen LogP contribution < -0.4 is 5.32 Å². The number of halogens is 3. The van der Waals surface area contributed by atoms with E-state index in [1.165, 1.54) is 12.1 Å². The van der Waals surface area contributed by atoms with Crippen molar-refractivity contribution in [2.75, 3.05) is 0 Å². The number of carbonyl (C=O) groups excluding carboxylic acids is 1. The minimum absolute atomic E-state index is 0.145. The molecule has 1 aromatic heterocycles. The van der Waals surface area contributed by atoms with Crippen molar-refractivity contribution < 1.29 is 18.0 Å². The van der Waals surface area contributed by atoms with E-state index in [1.807, 2.05) is 0 Å².